The van der Waals surface area contributed by atoms with Gasteiger partial charge in [0.05, 0.1) is 12.6 Å². The molecule has 0 saturated carbocycles. The van der Waals surface area contributed by atoms with E-state index in [9.17, 15) is 9.59 Å². The number of carbonyl (C=O) groups excluding carboxylic acids is 2. The van der Waals surface area contributed by atoms with Crippen LogP contribution in [0.2, 0.25) is 10.0 Å². The van der Waals surface area contributed by atoms with Crippen molar-refractivity contribution in [2.45, 2.75) is 31.5 Å². The normalized spacial score (nSPS) is 18.5. The van der Waals surface area contributed by atoms with Crippen LogP contribution in [0.1, 0.15) is 18.4 Å². The van der Waals surface area contributed by atoms with Crippen LogP contribution >= 0.6 is 23.2 Å². The third kappa shape index (κ3) is 6.62. The number of benzene rings is 2. The summed E-state index contributed by atoms with van der Waals surface area (Å²) in [5.41, 5.74) is 0.997. The average Bonchev–Trinajstić information content (AvgIpc) is 2.75. The van der Waals surface area contributed by atoms with Crippen LogP contribution in [0.5, 0.6) is 5.75 Å². The van der Waals surface area contributed by atoms with E-state index in [1.165, 1.54) is 0 Å². The molecule has 2 atom stereocenters. The Labute approximate surface area is 186 Å². The fourth-order valence-corrected chi connectivity index (χ4v) is 3.45. The van der Waals surface area contributed by atoms with Crippen LogP contribution in [-0.2, 0) is 20.9 Å². The van der Waals surface area contributed by atoms with Crippen molar-refractivity contribution in [3.05, 3.63) is 64.1 Å². The number of nitrogens with zero attached hydrogens (tertiary/aromatic N) is 1. The lowest BCUT2D eigenvalue weighted by atomic mass is 10.0. The molecule has 0 unspecified atom stereocenters. The molecule has 0 bridgehead atoms. The van der Waals surface area contributed by atoms with Gasteiger partial charge in [-0.25, -0.2) is 0 Å². The molecule has 0 spiro atoms. The Bertz CT molecular complexity index is 850. The fourth-order valence-electron chi connectivity index (χ4n) is 3.20. The van der Waals surface area contributed by atoms with Gasteiger partial charge in [-0.1, -0.05) is 35.3 Å². The molecule has 0 aliphatic carbocycles. The van der Waals surface area contributed by atoms with E-state index in [1.807, 2.05) is 12.1 Å². The highest BCUT2D eigenvalue weighted by Gasteiger charge is 2.29. The molecule has 0 radical (unpaired) electrons. The summed E-state index contributed by atoms with van der Waals surface area (Å²) < 4.78 is 11.2. The van der Waals surface area contributed by atoms with E-state index in [2.05, 4.69) is 5.32 Å². The Morgan fingerprint density at radius 2 is 1.70 bits per heavy atom. The lowest BCUT2D eigenvalue weighted by Crippen LogP contribution is -2.48. The van der Waals surface area contributed by atoms with Crippen LogP contribution < -0.4 is 10.1 Å². The highest BCUT2D eigenvalue weighted by molar-refractivity contribution is 6.30. The van der Waals surface area contributed by atoms with Crippen LogP contribution in [0.25, 0.3) is 0 Å². The lowest BCUT2D eigenvalue weighted by molar-refractivity contribution is -0.147. The Morgan fingerprint density at radius 3 is 2.30 bits per heavy atom. The molecule has 1 fully saturated rings. The third-order valence-corrected chi connectivity index (χ3v) is 5.31. The van der Waals surface area contributed by atoms with Gasteiger partial charge >= 0.3 is 0 Å². The van der Waals surface area contributed by atoms with E-state index >= 15 is 0 Å². The van der Waals surface area contributed by atoms with Gasteiger partial charge in [-0.3, -0.25) is 9.59 Å². The van der Waals surface area contributed by atoms with Crippen molar-refractivity contribution >= 4 is 35.0 Å². The van der Waals surface area contributed by atoms with Crippen molar-refractivity contribution in [1.29, 1.82) is 0 Å². The summed E-state index contributed by atoms with van der Waals surface area (Å²) in [6.07, 6.45) is 0.714. The second kappa shape index (κ2) is 10.7. The molecule has 8 heteroatoms. The molecule has 160 valence electrons. The summed E-state index contributed by atoms with van der Waals surface area (Å²) in [5.74, 6) is 0.271. The number of amides is 2. The predicted octanol–water partition coefficient (Wildman–Crippen LogP) is 3.69. The maximum absolute atomic E-state index is 12.6. The van der Waals surface area contributed by atoms with Gasteiger partial charge in [-0.05, 0) is 54.8 Å². The van der Waals surface area contributed by atoms with Crippen molar-refractivity contribution in [1.82, 2.24) is 10.2 Å². The molecule has 2 amide bonds. The number of ether oxygens (including phenoxy) is 2. The molecule has 3 rings (SSSR count). The fraction of sp³-hybridized carbons (Fsp3) is 0.364. The van der Waals surface area contributed by atoms with Crippen molar-refractivity contribution in [3.8, 4) is 5.75 Å². The first-order valence-electron chi connectivity index (χ1n) is 9.69. The molecule has 1 N–H and O–H groups in total. The molecule has 2 aromatic rings. The molecule has 1 saturated heterocycles. The lowest BCUT2D eigenvalue weighted by Gasteiger charge is -2.31. The second-order valence-electron chi connectivity index (χ2n) is 7.23. The molecule has 1 aliphatic heterocycles. The minimum atomic E-state index is -0.499. The molecule has 1 aliphatic rings. The molecule has 0 aromatic heterocycles. The first-order valence-corrected chi connectivity index (χ1v) is 10.4. The smallest absolute Gasteiger partial charge is 0.258 e. The number of rotatable bonds is 7. The summed E-state index contributed by atoms with van der Waals surface area (Å²) in [5, 5.41) is 4.15. The summed E-state index contributed by atoms with van der Waals surface area (Å²) in [6, 6.07) is 14.1. The van der Waals surface area contributed by atoms with E-state index < -0.39 is 6.10 Å². The maximum atomic E-state index is 12.6. The number of carbonyl (C=O) groups is 2. The zero-order valence-corrected chi connectivity index (χ0v) is 18.2. The first-order chi connectivity index (χ1) is 14.4. The zero-order valence-electron chi connectivity index (χ0n) is 16.6. The van der Waals surface area contributed by atoms with Gasteiger partial charge in [-0.15, -0.1) is 0 Å². The Morgan fingerprint density at radius 1 is 1.07 bits per heavy atom. The summed E-state index contributed by atoms with van der Waals surface area (Å²) >= 11 is 11.7. The van der Waals surface area contributed by atoms with E-state index in [1.54, 1.807) is 48.3 Å². The van der Waals surface area contributed by atoms with Crippen LogP contribution in [0.15, 0.2) is 48.5 Å². The van der Waals surface area contributed by atoms with Gasteiger partial charge in [0.15, 0.2) is 6.61 Å². The van der Waals surface area contributed by atoms with Gasteiger partial charge < -0.3 is 19.7 Å². The Kier molecular flexibility index (Phi) is 7.96. The highest BCUT2D eigenvalue weighted by atomic mass is 35.5. The van der Waals surface area contributed by atoms with Gasteiger partial charge in [0, 0.05) is 23.6 Å². The maximum Gasteiger partial charge on any atom is 0.258 e. The van der Waals surface area contributed by atoms with Crippen LogP contribution in [-0.4, -0.2) is 49.1 Å². The van der Waals surface area contributed by atoms with E-state index in [4.69, 9.17) is 32.7 Å². The molecule has 30 heavy (non-hydrogen) atoms. The van der Waals surface area contributed by atoms with Crippen molar-refractivity contribution < 1.29 is 19.1 Å². The number of likely N-dealkylation sites (N-methyl/N-ethyl adjacent to an activating group) is 1. The average molecular weight is 451 g/mol. The number of hydrogen-bond donors (Lipinski definition) is 1. The zero-order chi connectivity index (χ0) is 21.5. The first kappa shape index (κ1) is 22.4. The highest BCUT2D eigenvalue weighted by Crippen LogP contribution is 2.18. The third-order valence-electron chi connectivity index (χ3n) is 4.81. The molecule has 2 aromatic carbocycles. The number of hydrogen-bond acceptors (Lipinski definition) is 4. The number of nitrogens with one attached hydrogen (secondary N) is 1. The van der Waals surface area contributed by atoms with E-state index in [0.717, 1.165) is 5.56 Å². The van der Waals surface area contributed by atoms with E-state index in [-0.39, 0.29) is 31.1 Å². The van der Waals surface area contributed by atoms with Gasteiger partial charge in [-0.2, -0.15) is 0 Å². The van der Waals surface area contributed by atoms with Crippen LogP contribution in [0.4, 0.5) is 0 Å². The molecular weight excluding hydrogens is 427 g/mol. The number of halogens is 2. The Balaban J connectivity index is 1.39. The summed E-state index contributed by atoms with van der Waals surface area (Å²) in [7, 11) is 1.75. The standard InChI is InChI=1S/C22H24Cl2N2O4/c1-26(12-15-2-4-16(23)5-3-15)22(28)20-11-8-18(13-30-20)25-21(27)14-29-19-9-6-17(24)7-10-19/h2-7,9-10,18,20H,8,11-14H2,1H3,(H,25,27)/t18-,20+/m1/s1. The summed E-state index contributed by atoms with van der Waals surface area (Å²) in [4.78, 5) is 26.4. The van der Waals surface area contributed by atoms with Gasteiger partial charge in [0.2, 0.25) is 0 Å². The minimum absolute atomic E-state index is 0.0687. The molecule has 6 nitrogen and oxygen atoms in total. The second-order valence-corrected chi connectivity index (χ2v) is 8.10. The predicted molar refractivity (Wildman–Crippen MR) is 116 cm³/mol. The van der Waals surface area contributed by atoms with E-state index in [0.29, 0.717) is 35.2 Å². The van der Waals surface area contributed by atoms with Crippen molar-refractivity contribution in [2.75, 3.05) is 20.3 Å². The van der Waals surface area contributed by atoms with Crippen molar-refractivity contribution in [2.24, 2.45) is 0 Å². The molecule has 1 heterocycles. The monoisotopic (exact) mass is 450 g/mol. The van der Waals surface area contributed by atoms with Crippen molar-refractivity contribution in [3.63, 3.8) is 0 Å². The Hall–Kier alpha value is -2.28. The molecular formula is C22H24Cl2N2O4. The van der Waals surface area contributed by atoms with Crippen LogP contribution in [0.3, 0.4) is 0 Å². The minimum Gasteiger partial charge on any atom is -0.484 e. The topological polar surface area (TPSA) is 67.9 Å². The SMILES string of the molecule is CN(Cc1ccc(Cl)cc1)C(=O)[C@@H]1CC[C@@H](NC(=O)COc2ccc(Cl)cc2)CO1. The quantitative estimate of drug-likeness (QED) is 0.698. The van der Waals surface area contributed by atoms with Crippen LogP contribution in [0, 0.1) is 0 Å². The van der Waals surface area contributed by atoms with Gasteiger partial charge in [0.1, 0.15) is 11.9 Å². The largest absolute Gasteiger partial charge is 0.484 e. The van der Waals surface area contributed by atoms with Gasteiger partial charge in [0.25, 0.3) is 11.8 Å². The summed E-state index contributed by atoms with van der Waals surface area (Å²) in [6.45, 7) is 0.681.